The van der Waals surface area contributed by atoms with Crippen LogP contribution in [0.3, 0.4) is 0 Å². The lowest BCUT2D eigenvalue weighted by Crippen LogP contribution is -2.34. The number of nitrogens with one attached hydrogen (secondary N) is 1. The summed E-state index contributed by atoms with van der Waals surface area (Å²) in [7, 11) is 1.34. The zero-order chi connectivity index (χ0) is 19.4. The molecule has 1 aromatic carbocycles. The van der Waals surface area contributed by atoms with Crippen molar-refractivity contribution in [3.8, 4) is 11.5 Å². The molecule has 1 aromatic heterocycles. The minimum atomic E-state index is -4.46. The van der Waals surface area contributed by atoms with E-state index in [9.17, 15) is 18.0 Å². The van der Waals surface area contributed by atoms with E-state index in [4.69, 9.17) is 9.47 Å². The summed E-state index contributed by atoms with van der Waals surface area (Å²) in [5, 5.41) is 4.71. The molecule has 1 atom stereocenters. The Balaban J connectivity index is 1.72. The number of hydrogen-bond acceptors (Lipinski definition) is 4. The highest BCUT2D eigenvalue weighted by Crippen LogP contribution is 2.36. The molecule has 1 fully saturated rings. The Morgan fingerprint density at radius 1 is 1.33 bits per heavy atom. The Morgan fingerprint density at radius 3 is 2.81 bits per heavy atom. The number of anilines is 1. The van der Waals surface area contributed by atoms with Crippen LogP contribution in [0.5, 0.6) is 11.5 Å². The molecule has 1 N–H and O–H groups in total. The third kappa shape index (κ3) is 4.85. The van der Waals surface area contributed by atoms with Crippen LogP contribution in [0, 0.1) is 0 Å². The molecule has 1 aliphatic rings. The summed E-state index contributed by atoms with van der Waals surface area (Å²) < 4.78 is 47.1. The number of halogens is 3. The van der Waals surface area contributed by atoms with Gasteiger partial charge in [0.2, 0.25) is 0 Å². The van der Waals surface area contributed by atoms with Gasteiger partial charge in [-0.25, -0.2) is 4.79 Å². The molecule has 3 rings (SSSR count). The van der Waals surface area contributed by atoms with Gasteiger partial charge in [0.05, 0.1) is 13.2 Å². The lowest BCUT2D eigenvalue weighted by Gasteiger charge is -2.24. The molecule has 27 heavy (non-hydrogen) atoms. The topological polar surface area (TPSA) is 50.8 Å². The number of methoxy groups -OCH3 is 1. The number of likely N-dealkylation sites (tertiary alicyclic amines) is 1. The van der Waals surface area contributed by atoms with Crippen LogP contribution in [0.4, 0.5) is 23.7 Å². The molecule has 0 aliphatic carbocycles. The molecule has 2 amide bonds. The fourth-order valence-electron chi connectivity index (χ4n) is 3.01. The Bertz CT molecular complexity index is 781. The molecule has 1 aliphatic heterocycles. The number of urea groups is 1. The molecule has 0 saturated carbocycles. The van der Waals surface area contributed by atoms with E-state index in [2.05, 4.69) is 5.32 Å². The van der Waals surface area contributed by atoms with Gasteiger partial charge in [-0.3, -0.25) is 0 Å². The highest BCUT2D eigenvalue weighted by Gasteiger charge is 2.31. The molecule has 0 bridgehead atoms. The molecule has 2 aromatic rings. The fraction of sp³-hybridized carbons (Fsp3) is 0.389. The molecule has 1 unspecified atom stereocenters. The van der Waals surface area contributed by atoms with E-state index >= 15 is 0 Å². The van der Waals surface area contributed by atoms with Crippen LogP contribution in [0.25, 0.3) is 0 Å². The number of alkyl halides is 3. The van der Waals surface area contributed by atoms with Crippen molar-refractivity contribution in [2.45, 2.75) is 25.1 Å². The first-order valence-corrected chi connectivity index (χ1v) is 9.24. The first kappa shape index (κ1) is 19.3. The van der Waals surface area contributed by atoms with Gasteiger partial charge in [-0.2, -0.15) is 13.2 Å². The van der Waals surface area contributed by atoms with Gasteiger partial charge >= 0.3 is 12.2 Å². The van der Waals surface area contributed by atoms with Gasteiger partial charge in [0.1, 0.15) is 0 Å². The molecule has 2 heterocycles. The van der Waals surface area contributed by atoms with Gasteiger partial charge in [-0.15, -0.1) is 11.3 Å². The van der Waals surface area contributed by atoms with Crippen molar-refractivity contribution in [2.75, 3.05) is 25.6 Å². The van der Waals surface area contributed by atoms with Crippen molar-refractivity contribution in [3.63, 3.8) is 0 Å². The van der Waals surface area contributed by atoms with E-state index in [1.807, 2.05) is 17.5 Å². The number of ether oxygens (including phenoxy) is 2. The molecule has 9 heteroatoms. The second kappa shape index (κ2) is 8.08. The van der Waals surface area contributed by atoms with Gasteiger partial charge in [0.25, 0.3) is 0 Å². The molecule has 146 valence electrons. The average molecular weight is 400 g/mol. The smallest absolute Gasteiger partial charge is 0.422 e. The summed E-state index contributed by atoms with van der Waals surface area (Å²) in [5.74, 6) is 0.0822. The average Bonchev–Trinajstić information content (AvgIpc) is 3.30. The number of carbonyl (C=O) groups is 1. The van der Waals surface area contributed by atoms with Crippen molar-refractivity contribution >= 4 is 23.1 Å². The van der Waals surface area contributed by atoms with Gasteiger partial charge < -0.3 is 19.7 Å². The lowest BCUT2D eigenvalue weighted by atomic mass is 10.2. The monoisotopic (exact) mass is 400 g/mol. The lowest BCUT2D eigenvalue weighted by molar-refractivity contribution is -0.153. The van der Waals surface area contributed by atoms with E-state index in [-0.39, 0.29) is 23.6 Å². The minimum Gasteiger partial charge on any atom is -0.493 e. The van der Waals surface area contributed by atoms with E-state index in [0.29, 0.717) is 12.2 Å². The van der Waals surface area contributed by atoms with E-state index in [1.165, 1.54) is 19.2 Å². The van der Waals surface area contributed by atoms with Gasteiger partial charge in [0, 0.05) is 23.2 Å². The van der Waals surface area contributed by atoms with Crippen LogP contribution < -0.4 is 14.8 Å². The molecule has 1 saturated heterocycles. The minimum absolute atomic E-state index is 0.0178. The summed E-state index contributed by atoms with van der Waals surface area (Å²) in [6, 6.07) is 8.02. The summed E-state index contributed by atoms with van der Waals surface area (Å²) in [6.45, 7) is -0.810. The molecular formula is C18H19F3N2O3S. The largest absolute Gasteiger partial charge is 0.493 e. The van der Waals surface area contributed by atoms with Gasteiger partial charge in [-0.1, -0.05) is 6.07 Å². The van der Waals surface area contributed by atoms with Crippen LogP contribution in [-0.2, 0) is 0 Å². The summed E-state index contributed by atoms with van der Waals surface area (Å²) in [6.07, 6.45) is -2.68. The highest BCUT2D eigenvalue weighted by atomic mass is 32.1. The van der Waals surface area contributed by atoms with E-state index in [0.717, 1.165) is 17.7 Å². The van der Waals surface area contributed by atoms with Crippen LogP contribution in [0.1, 0.15) is 23.8 Å². The second-order valence-electron chi connectivity index (χ2n) is 6.07. The van der Waals surface area contributed by atoms with E-state index < -0.39 is 12.8 Å². The van der Waals surface area contributed by atoms with Gasteiger partial charge in [0.15, 0.2) is 18.1 Å². The summed E-state index contributed by atoms with van der Waals surface area (Å²) in [4.78, 5) is 15.5. The zero-order valence-electron chi connectivity index (χ0n) is 14.6. The van der Waals surface area contributed by atoms with Crippen molar-refractivity contribution in [2.24, 2.45) is 0 Å². The van der Waals surface area contributed by atoms with Crippen LogP contribution in [0.15, 0.2) is 35.7 Å². The van der Waals surface area contributed by atoms with Crippen molar-refractivity contribution < 1.29 is 27.4 Å². The number of benzene rings is 1. The maximum Gasteiger partial charge on any atom is 0.422 e. The zero-order valence-corrected chi connectivity index (χ0v) is 15.4. The second-order valence-corrected chi connectivity index (χ2v) is 7.05. The predicted octanol–water partition coefficient (Wildman–Crippen LogP) is 5.07. The maximum atomic E-state index is 12.7. The Hall–Kier alpha value is -2.42. The Labute approximate surface area is 158 Å². The molecular weight excluding hydrogens is 381 g/mol. The van der Waals surface area contributed by atoms with Gasteiger partial charge in [-0.05, 0) is 36.4 Å². The van der Waals surface area contributed by atoms with Crippen LogP contribution in [0.2, 0.25) is 0 Å². The predicted molar refractivity (Wildman–Crippen MR) is 96.6 cm³/mol. The molecule has 5 nitrogen and oxygen atoms in total. The van der Waals surface area contributed by atoms with Crippen molar-refractivity contribution in [1.82, 2.24) is 4.90 Å². The maximum absolute atomic E-state index is 12.7. The summed E-state index contributed by atoms with van der Waals surface area (Å²) in [5.41, 5.74) is 0.342. The third-order valence-corrected chi connectivity index (χ3v) is 5.17. The highest BCUT2D eigenvalue weighted by molar-refractivity contribution is 7.10. The summed E-state index contributed by atoms with van der Waals surface area (Å²) >= 11 is 1.60. The normalized spacial score (nSPS) is 17.0. The SMILES string of the molecule is COc1ccc(NC(=O)N2CCCC2c2cccs2)cc1OCC(F)(F)F. The quantitative estimate of drug-likeness (QED) is 0.763. The first-order chi connectivity index (χ1) is 12.9. The molecule has 0 radical (unpaired) electrons. The van der Waals surface area contributed by atoms with Crippen molar-refractivity contribution in [1.29, 1.82) is 0 Å². The Morgan fingerprint density at radius 2 is 2.15 bits per heavy atom. The Kier molecular flexibility index (Phi) is 5.79. The van der Waals surface area contributed by atoms with Crippen LogP contribution >= 0.6 is 11.3 Å². The number of nitrogens with zero attached hydrogens (tertiary/aromatic N) is 1. The van der Waals surface area contributed by atoms with E-state index in [1.54, 1.807) is 22.3 Å². The first-order valence-electron chi connectivity index (χ1n) is 8.36. The third-order valence-electron chi connectivity index (χ3n) is 4.19. The van der Waals surface area contributed by atoms with Crippen LogP contribution in [-0.4, -0.2) is 37.4 Å². The number of thiophene rings is 1. The standard InChI is InChI=1S/C18H19F3N2O3S/c1-25-14-7-6-12(10-15(14)26-11-18(19,20)21)22-17(24)23-8-2-4-13(23)16-5-3-9-27-16/h3,5-7,9-10,13H,2,4,8,11H2,1H3,(H,22,24). The molecule has 0 spiro atoms. The van der Waals surface area contributed by atoms with Crippen molar-refractivity contribution in [3.05, 3.63) is 40.6 Å². The number of carbonyl (C=O) groups excluding carboxylic acids is 1. The number of rotatable bonds is 5. The fourth-order valence-corrected chi connectivity index (χ4v) is 3.88. The number of hydrogen-bond donors (Lipinski definition) is 1. The number of amides is 2.